The maximum Gasteiger partial charge on any atom is 0.127 e. The number of hydrogen-bond acceptors (Lipinski definition) is 2. The first-order chi connectivity index (χ1) is 8.92. The summed E-state index contributed by atoms with van der Waals surface area (Å²) in [5.74, 6) is 0.957. The quantitative estimate of drug-likeness (QED) is 0.793. The van der Waals surface area contributed by atoms with Gasteiger partial charge < -0.3 is 4.74 Å². The van der Waals surface area contributed by atoms with Crippen LogP contribution in [0.3, 0.4) is 0 Å². The van der Waals surface area contributed by atoms with Crippen molar-refractivity contribution in [3.05, 3.63) is 71.6 Å². The van der Waals surface area contributed by atoms with E-state index in [-0.39, 0.29) is 0 Å². The number of fused-ring (bicyclic) bond motifs is 1. The molecular formula is C16H13NO. The van der Waals surface area contributed by atoms with E-state index in [0.29, 0.717) is 6.61 Å². The molecular weight excluding hydrogens is 222 g/mol. The molecule has 2 heteroatoms. The zero-order valence-electron chi connectivity index (χ0n) is 9.91. The molecule has 0 unspecified atom stereocenters. The number of para-hydroxylation sites is 1. The second-order valence-corrected chi connectivity index (χ2v) is 4.16. The van der Waals surface area contributed by atoms with Gasteiger partial charge in [-0.25, -0.2) is 0 Å². The molecule has 0 saturated carbocycles. The number of aromatic nitrogens is 1. The summed E-state index contributed by atoms with van der Waals surface area (Å²) in [5.41, 5.74) is 3.45. The second-order valence-electron chi connectivity index (χ2n) is 4.16. The lowest BCUT2D eigenvalue weighted by Gasteiger charge is -2.15. The molecule has 1 aliphatic rings. The highest BCUT2D eigenvalue weighted by Crippen LogP contribution is 2.26. The molecule has 0 aliphatic carbocycles. The fourth-order valence-electron chi connectivity index (χ4n) is 1.91. The molecule has 2 heterocycles. The van der Waals surface area contributed by atoms with E-state index in [1.165, 1.54) is 5.57 Å². The first kappa shape index (κ1) is 10.8. The molecule has 88 valence electrons. The summed E-state index contributed by atoms with van der Waals surface area (Å²) >= 11 is 0. The van der Waals surface area contributed by atoms with E-state index in [1.807, 2.05) is 30.3 Å². The first-order valence-electron chi connectivity index (χ1n) is 5.92. The van der Waals surface area contributed by atoms with Crippen LogP contribution < -0.4 is 4.74 Å². The third-order valence-electron chi connectivity index (χ3n) is 2.85. The van der Waals surface area contributed by atoms with Gasteiger partial charge in [0.15, 0.2) is 0 Å². The van der Waals surface area contributed by atoms with Crippen molar-refractivity contribution in [2.45, 2.75) is 0 Å². The van der Waals surface area contributed by atoms with E-state index in [9.17, 15) is 0 Å². The minimum absolute atomic E-state index is 0.624. The van der Waals surface area contributed by atoms with Gasteiger partial charge in [0.2, 0.25) is 0 Å². The largest absolute Gasteiger partial charge is 0.488 e. The molecule has 0 radical (unpaired) electrons. The lowest BCUT2D eigenvalue weighted by molar-refractivity contribution is 0.351. The monoisotopic (exact) mass is 235 g/mol. The third-order valence-corrected chi connectivity index (χ3v) is 2.85. The van der Waals surface area contributed by atoms with E-state index >= 15 is 0 Å². The number of ether oxygens (including phenoxy) is 1. The Morgan fingerprint density at radius 3 is 2.72 bits per heavy atom. The van der Waals surface area contributed by atoms with E-state index in [2.05, 4.69) is 29.3 Å². The lowest BCUT2D eigenvalue weighted by atomic mass is 10.1. The number of pyridine rings is 1. The maximum atomic E-state index is 5.69. The summed E-state index contributed by atoms with van der Waals surface area (Å²) in [4.78, 5) is 4.00. The van der Waals surface area contributed by atoms with Crippen molar-refractivity contribution in [2.75, 3.05) is 6.61 Å². The highest BCUT2D eigenvalue weighted by atomic mass is 16.5. The van der Waals surface area contributed by atoms with E-state index in [4.69, 9.17) is 4.74 Å². The minimum Gasteiger partial charge on any atom is -0.488 e. The van der Waals surface area contributed by atoms with E-state index < -0.39 is 0 Å². The Morgan fingerprint density at radius 2 is 1.83 bits per heavy atom. The minimum atomic E-state index is 0.624. The molecule has 0 N–H and O–H groups in total. The van der Waals surface area contributed by atoms with Crippen LogP contribution in [0.25, 0.3) is 12.2 Å². The number of nitrogens with zero attached hydrogens (tertiary/aromatic N) is 1. The predicted octanol–water partition coefficient (Wildman–Crippen LogP) is 3.57. The van der Waals surface area contributed by atoms with Crippen LogP contribution >= 0.6 is 0 Å². The summed E-state index contributed by atoms with van der Waals surface area (Å²) in [6.07, 6.45) is 9.91. The van der Waals surface area contributed by atoms with Crippen LogP contribution in [0.5, 0.6) is 5.75 Å². The van der Waals surface area contributed by atoms with Gasteiger partial charge in [-0.15, -0.1) is 0 Å². The number of benzene rings is 1. The van der Waals surface area contributed by atoms with Crippen LogP contribution in [0.1, 0.15) is 11.1 Å². The van der Waals surface area contributed by atoms with Crippen molar-refractivity contribution in [1.82, 2.24) is 4.98 Å². The Balaban J connectivity index is 1.83. The average Bonchev–Trinajstić information content (AvgIpc) is 2.46. The molecule has 0 amide bonds. The Bertz CT molecular complexity index is 600. The van der Waals surface area contributed by atoms with Crippen LogP contribution in [0.15, 0.2) is 60.4 Å². The molecule has 0 bridgehead atoms. The van der Waals surface area contributed by atoms with Crippen molar-refractivity contribution >= 4 is 12.2 Å². The maximum absolute atomic E-state index is 5.69. The highest BCUT2D eigenvalue weighted by molar-refractivity contribution is 5.66. The van der Waals surface area contributed by atoms with Crippen molar-refractivity contribution < 1.29 is 4.74 Å². The van der Waals surface area contributed by atoms with Crippen molar-refractivity contribution in [2.24, 2.45) is 0 Å². The first-order valence-corrected chi connectivity index (χ1v) is 5.92. The van der Waals surface area contributed by atoms with Gasteiger partial charge in [-0.1, -0.05) is 30.4 Å². The van der Waals surface area contributed by atoms with Crippen molar-refractivity contribution in [3.8, 4) is 5.75 Å². The Kier molecular flexibility index (Phi) is 2.92. The van der Waals surface area contributed by atoms with Gasteiger partial charge in [0.05, 0.1) is 0 Å². The van der Waals surface area contributed by atoms with Gasteiger partial charge in [-0.2, -0.15) is 0 Å². The fourth-order valence-corrected chi connectivity index (χ4v) is 1.91. The van der Waals surface area contributed by atoms with Crippen LogP contribution in [0.2, 0.25) is 0 Å². The molecule has 2 nitrogen and oxygen atoms in total. The molecule has 2 aromatic rings. The van der Waals surface area contributed by atoms with Gasteiger partial charge in [-0.3, -0.25) is 4.98 Å². The predicted molar refractivity (Wildman–Crippen MR) is 73.2 cm³/mol. The average molecular weight is 235 g/mol. The summed E-state index contributed by atoms with van der Waals surface area (Å²) in [5, 5.41) is 0. The topological polar surface area (TPSA) is 22.1 Å². The summed E-state index contributed by atoms with van der Waals surface area (Å²) < 4.78 is 5.69. The van der Waals surface area contributed by atoms with Crippen LogP contribution in [-0.4, -0.2) is 11.6 Å². The van der Waals surface area contributed by atoms with Crippen LogP contribution in [0, 0.1) is 0 Å². The van der Waals surface area contributed by atoms with Gasteiger partial charge in [0.1, 0.15) is 12.4 Å². The SMILES string of the molecule is C1=C(/C=C\c2ccncc2)COc2ccccc21. The zero-order valence-corrected chi connectivity index (χ0v) is 9.91. The van der Waals surface area contributed by atoms with E-state index in [1.54, 1.807) is 12.4 Å². The zero-order chi connectivity index (χ0) is 12.2. The van der Waals surface area contributed by atoms with Gasteiger partial charge in [0, 0.05) is 18.0 Å². The molecule has 1 aromatic heterocycles. The lowest BCUT2D eigenvalue weighted by Crippen LogP contribution is -2.05. The van der Waals surface area contributed by atoms with Crippen molar-refractivity contribution in [1.29, 1.82) is 0 Å². The number of hydrogen-bond donors (Lipinski definition) is 0. The molecule has 0 spiro atoms. The van der Waals surface area contributed by atoms with E-state index in [0.717, 1.165) is 16.9 Å². The summed E-state index contributed by atoms with van der Waals surface area (Å²) in [7, 11) is 0. The van der Waals surface area contributed by atoms with Crippen molar-refractivity contribution in [3.63, 3.8) is 0 Å². The van der Waals surface area contributed by atoms with Gasteiger partial charge >= 0.3 is 0 Å². The third kappa shape index (κ3) is 2.33. The standard InChI is InChI=1S/C16H13NO/c1-2-4-16-15(3-1)11-14(12-18-16)6-5-13-7-9-17-10-8-13/h1-11H,12H2/b6-5-. The summed E-state index contributed by atoms with van der Waals surface area (Å²) in [6, 6.07) is 12.0. The van der Waals surface area contributed by atoms with Gasteiger partial charge in [-0.05, 0) is 35.4 Å². The molecule has 0 fully saturated rings. The molecule has 0 saturated heterocycles. The highest BCUT2D eigenvalue weighted by Gasteiger charge is 2.07. The molecule has 1 aromatic carbocycles. The van der Waals surface area contributed by atoms with Crippen LogP contribution in [-0.2, 0) is 0 Å². The van der Waals surface area contributed by atoms with Crippen LogP contribution in [0.4, 0.5) is 0 Å². The smallest absolute Gasteiger partial charge is 0.127 e. The molecule has 0 atom stereocenters. The Hall–Kier alpha value is -2.35. The Labute approximate surface area is 106 Å². The normalized spacial score (nSPS) is 13.9. The Morgan fingerprint density at radius 1 is 1.00 bits per heavy atom. The molecule has 3 rings (SSSR count). The second kappa shape index (κ2) is 4.88. The summed E-state index contributed by atoms with van der Waals surface area (Å²) in [6.45, 7) is 0.624. The molecule has 1 aliphatic heterocycles. The fraction of sp³-hybridized carbons (Fsp3) is 0.0625. The van der Waals surface area contributed by atoms with Gasteiger partial charge in [0.25, 0.3) is 0 Å². The number of rotatable bonds is 2. The molecule has 18 heavy (non-hydrogen) atoms.